The summed E-state index contributed by atoms with van der Waals surface area (Å²) >= 11 is 39.4. The molecule has 4 heterocycles. The Morgan fingerprint density at radius 2 is 0.942 bits per heavy atom. The first-order valence-corrected chi connectivity index (χ1v) is 17.4. The molecule has 2 aromatic heterocycles. The second-order valence-corrected chi connectivity index (χ2v) is 14.0. The number of hydrogen-bond acceptors (Lipinski definition) is 6. The standard InChI is InChI=1S/C38H18Cl6N6O2/c39-19-5-1-6-20(40)29(19)31(23-9-3-15-47-23)25-11-13-27(49-25)37(17-45)35(51)33(43)34(44)36(52)38(37,18-46)28-14-12-26(50-28)32(24-10-4-16-48-24)30-21(41)7-2-8-22(30)42/h1-16,49-50H/b31-23-,32-24+/t37-,38-/m1/s1. The number of Topliss-reactive ketones (excluding diaryl/α,β-unsaturated/α-hetero) is 2. The third-order valence-corrected chi connectivity index (χ3v) is 11.0. The van der Waals surface area contributed by atoms with Crippen molar-refractivity contribution in [1.29, 1.82) is 10.5 Å². The summed E-state index contributed by atoms with van der Waals surface area (Å²) < 4.78 is 0. The lowest BCUT2D eigenvalue weighted by Gasteiger charge is -2.41. The van der Waals surface area contributed by atoms with Gasteiger partial charge in [-0.15, -0.1) is 0 Å². The summed E-state index contributed by atoms with van der Waals surface area (Å²) in [6, 6.07) is 20.0. The van der Waals surface area contributed by atoms with Crippen LogP contribution in [-0.2, 0) is 20.4 Å². The molecule has 3 aliphatic rings. The summed E-state index contributed by atoms with van der Waals surface area (Å²) in [6.45, 7) is 0. The lowest BCUT2D eigenvalue weighted by atomic mass is 9.55. The van der Waals surface area contributed by atoms with Gasteiger partial charge in [0.15, 0.2) is 10.8 Å². The van der Waals surface area contributed by atoms with Crippen molar-refractivity contribution >= 4 is 105 Å². The number of carbonyl (C=O) groups excluding carboxylic acids is 2. The van der Waals surface area contributed by atoms with Gasteiger partial charge in [-0.1, -0.05) is 81.7 Å². The zero-order chi connectivity index (χ0) is 36.9. The van der Waals surface area contributed by atoms with Crippen LogP contribution >= 0.6 is 69.6 Å². The van der Waals surface area contributed by atoms with Crippen molar-refractivity contribution in [2.24, 2.45) is 9.98 Å². The number of aromatic amines is 2. The number of H-pyrrole nitrogens is 2. The van der Waals surface area contributed by atoms with E-state index >= 15 is 0 Å². The first kappa shape index (κ1) is 35.5. The SMILES string of the molecule is N#C[C@@]1(c2ccc(/C(=C3/C=CC=N3)c3c(Cl)cccc3Cl)[nH]2)C(=O)C(Cl)=C(Cl)C(=O)[C@@]1(C#N)c1ccc(/C(=C2\C=CC=N2)c2c(Cl)cccc2Cl)[nH]1. The molecular weight excluding hydrogens is 785 g/mol. The number of allylic oxidation sites excluding steroid dienone is 6. The van der Waals surface area contributed by atoms with Crippen LogP contribution in [0.1, 0.15) is 33.9 Å². The smallest absolute Gasteiger partial charge is 0.204 e. The molecule has 0 unspecified atom stereocenters. The molecule has 7 rings (SSSR count). The first-order chi connectivity index (χ1) is 25.0. The van der Waals surface area contributed by atoms with E-state index in [4.69, 9.17) is 69.6 Å². The second kappa shape index (κ2) is 13.6. The molecule has 0 spiro atoms. The van der Waals surface area contributed by atoms with Gasteiger partial charge in [0.25, 0.3) is 0 Å². The first-order valence-electron chi connectivity index (χ1n) is 15.2. The highest BCUT2D eigenvalue weighted by Crippen LogP contribution is 2.53. The molecule has 0 amide bonds. The predicted octanol–water partition coefficient (Wildman–Crippen LogP) is 9.82. The Balaban J connectivity index is 1.49. The molecule has 2 aliphatic heterocycles. The normalized spacial score (nSPS) is 22.7. The van der Waals surface area contributed by atoms with Crippen molar-refractivity contribution < 1.29 is 9.59 Å². The number of ketones is 2. The number of rotatable bonds is 6. The Hall–Kier alpha value is -4.90. The van der Waals surface area contributed by atoms with Gasteiger partial charge in [-0.25, -0.2) is 0 Å². The fourth-order valence-electron chi connectivity index (χ4n) is 6.60. The van der Waals surface area contributed by atoms with Gasteiger partial charge in [0.2, 0.25) is 11.6 Å². The van der Waals surface area contributed by atoms with Crippen molar-refractivity contribution in [3.8, 4) is 12.1 Å². The van der Waals surface area contributed by atoms with Crippen molar-refractivity contribution in [1.82, 2.24) is 9.97 Å². The number of benzene rings is 2. The predicted molar refractivity (Wildman–Crippen MR) is 205 cm³/mol. The van der Waals surface area contributed by atoms with Crippen LogP contribution in [0.25, 0.3) is 11.1 Å². The highest BCUT2D eigenvalue weighted by molar-refractivity contribution is 6.58. The van der Waals surface area contributed by atoms with E-state index in [2.05, 4.69) is 20.0 Å². The van der Waals surface area contributed by atoms with E-state index in [0.29, 0.717) is 65.1 Å². The van der Waals surface area contributed by atoms with Crippen LogP contribution in [0.4, 0.5) is 0 Å². The summed E-state index contributed by atoms with van der Waals surface area (Å²) in [5, 5.41) is 22.0. The minimum absolute atomic E-state index is 0.133. The number of nitrogens with zero attached hydrogens (tertiary/aromatic N) is 4. The average molecular weight is 803 g/mol. The van der Waals surface area contributed by atoms with Crippen molar-refractivity contribution in [2.75, 3.05) is 0 Å². The van der Waals surface area contributed by atoms with Gasteiger partial charge < -0.3 is 9.97 Å². The molecule has 254 valence electrons. The van der Waals surface area contributed by atoms with Gasteiger partial charge in [0, 0.05) is 57.5 Å². The average Bonchev–Trinajstić information content (AvgIpc) is 3.98. The Bertz CT molecular complexity index is 2330. The zero-order valence-electron chi connectivity index (χ0n) is 26.1. The number of nitrogens with one attached hydrogen (secondary N) is 2. The van der Waals surface area contributed by atoms with E-state index in [9.17, 15) is 20.1 Å². The van der Waals surface area contributed by atoms with Gasteiger partial charge >= 0.3 is 0 Å². The van der Waals surface area contributed by atoms with E-state index < -0.39 is 32.5 Å². The zero-order valence-corrected chi connectivity index (χ0v) is 30.6. The van der Waals surface area contributed by atoms with Gasteiger partial charge in [0.1, 0.15) is 10.1 Å². The van der Waals surface area contributed by atoms with Crippen LogP contribution in [0.2, 0.25) is 20.1 Å². The van der Waals surface area contributed by atoms with E-state index in [1.54, 1.807) is 85.3 Å². The molecule has 8 nitrogen and oxygen atoms in total. The molecule has 1 aliphatic carbocycles. The monoisotopic (exact) mass is 800 g/mol. The number of carbonyl (C=O) groups is 2. The van der Waals surface area contributed by atoms with Crippen LogP contribution in [0.3, 0.4) is 0 Å². The van der Waals surface area contributed by atoms with E-state index in [1.807, 2.05) is 12.1 Å². The summed E-state index contributed by atoms with van der Waals surface area (Å²) in [5.74, 6) is -2.15. The topological polar surface area (TPSA) is 138 Å². The van der Waals surface area contributed by atoms with Crippen molar-refractivity contribution in [2.45, 2.75) is 10.8 Å². The molecule has 2 aromatic carbocycles. The largest absolute Gasteiger partial charge is 0.357 e. The molecule has 0 saturated heterocycles. The van der Waals surface area contributed by atoms with Crippen LogP contribution < -0.4 is 0 Å². The lowest BCUT2D eigenvalue weighted by Crippen LogP contribution is -2.60. The Morgan fingerprint density at radius 1 is 0.577 bits per heavy atom. The van der Waals surface area contributed by atoms with Crippen molar-refractivity contribution in [3.63, 3.8) is 0 Å². The number of aromatic nitrogens is 2. The Morgan fingerprint density at radius 3 is 1.25 bits per heavy atom. The summed E-state index contributed by atoms with van der Waals surface area (Å²) in [5.41, 5.74) is -2.23. The van der Waals surface area contributed by atoms with Gasteiger partial charge in [-0.05, 0) is 72.8 Å². The van der Waals surface area contributed by atoms with E-state index in [1.165, 1.54) is 12.1 Å². The van der Waals surface area contributed by atoms with Crippen molar-refractivity contribution in [3.05, 3.63) is 160 Å². The quantitative estimate of drug-likeness (QED) is 0.201. The molecule has 2 atom stereocenters. The molecule has 4 aromatic rings. The molecule has 2 N–H and O–H groups in total. The number of nitriles is 2. The van der Waals surface area contributed by atoms with E-state index in [0.717, 1.165) is 0 Å². The van der Waals surface area contributed by atoms with Crippen LogP contribution in [0, 0.1) is 22.7 Å². The molecule has 0 bridgehead atoms. The van der Waals surface area contributed by atoms with Gasteiger partial charge in [-0.2, -0.15) is 10.5 Å². The number of halogens is 6. The van der Waals surface area contributed by atoms with E-state index in [-0.39, 0.29) is 11.4 Å². The molecule has 0 radical (unpaired) electrons. The van der Waals surface area contributed by atoms with Crippen LogP contribution in [0.15, 0.2) is 116 Å². The Labute approximate surface area is 326 Å². The second-order valence-electron chi connectivity index (χ2n) is 11.6. The molecule has 0 saturated carbocycles. The van der Waals surface area contributed by atoms with Gasteiger partial charge in [0.05, 0.1) is 43.6 Å². The molecule has 14 heteroatoms. The van der Waals surface area contributed by atoms with Crippen LogP contribution in [0.5, 0.6) is 0 Å². The maximum Gasteiger partial charge on any atom is 0.204 e. The molecule has 0 fully saturated rings. The highest BCUT2D eigenvalue weighted by atomic mass is 35.5. The minimum Gasteiger partial charge on any atom is -0.357 e. The fraction of sp³-hybridized carbons (Fsp3) is 0.0526. The Kier molecular flexibility index (Phi) is 9.27. The molecule has 52 heavy (non-hydrogen) atoms. The van der Waals surface area contributed by atoms with Crippen LogP contribution in [-0.4, -0.2) is 34.0 Å². The summed E-state index contributed by atoms with van der Waals surface area (Å²) in [7, 11) is 0. The number of hydrogen-bond donors (Lipinski definition) is 2. The summed E-state index contributed by atoms with van der Waals surface area (Å²) in [4.78, 5) is 44.1. The molecular formula is C38H18Cl6N6O2. The van der Waals surface area contributed by atoms with Gasteiger partial charge in [-0.3, -0.25) is 19.6 Å². The maximum absolute atomic E-state index is 14.5. The fourth-order valence-corrected chi connectivity index (χ4v) is 8.23. The highest BCUT2D eigenvalue weighted by Gasteiger charge is 2.69. The maximum atomic E-state index is 14.5. The number of aliphatic imine (C=N–C) groups is 2. The third-order valence-electron chi connectivity index (χ3n) is 8.93. The minimum atomic E-state index is -2.61. The third kappa shape index (κ3) is 5.18. The lowest BCUT2D eigenvalue weighted by molar-refractivity contribution is -0.129. The summed E-state index contributed by atoms with van der Waals surface area (Å²) in [6.07, 6.45) is 10.0.